The molecule has 1 saturated heterocycles. The van der Waals surface area contributed by atoms with Gasteiger partial charge >= 0.3 is 0 Å². The summed E-state index contributed by atoms with van der Waals surface area (Å²) in [5, 5.41) is 12.9. The van der Waals surface area contributed by atoms with E-state index in [4.69, 9.17) is 0 Å². The highest BCUT2D eigenvalue weighted by atomic mass is 19.3. The molecule has 0 radical (unpaired) electrons. The molecule has 2 saturated carbocycles. The van der Waals surface area contributed by atoms with E-state index in [1.54, 1.807) is 0 Å². The topological polar surface area (TPSA) is 81.6 Å². The fourth-order valence-corrected chi connectivity index (χ4v) is 5.88. The predicted octanol–water partition coefficient (Wildman–Crippen LogP) is 4.45. The van der Waals surface area contributed by atoms with Crippen LogP contribution in [0.4, 0.5) is 14.6 Å². The zero-order valence-corrected chi connectivity index (χ0v) is 22.8. The minimum absolute atomic E-state index is 0.0733. The molecule has 7 nitrogen and oxygen atoms in total. The molecule has 9 heteroatoms. The number of aromatic nitrogens is 2. The molecule has 0 spiro atoms. The summed E-state index contributed by atoms with van der Waals surface area (Å²) in [5.74, 6) is 2.03. The van der Waals surface area contributed by atoms with Gasteiger partial charge in [-0.25, -0.2) is 18.7 Å². The monoisotopic (exact) mass is 521 g/mol. The first-order chi connectivity index (χ1) is 17.6. The summed E-state index contributed by atoms with van der Waals surface area (Å²) < 4.78 is 26.9. The maximum absolute atomic E-state index is 13.5. The zero-order valence-electron chi connectivity index (χ0n) is 22.8. The lowest BCUT2D eigenvalue weighted by molar-refractivity contribution is -0.127. The molecule has 0 bridgehead atoms. The van der Waals surface area contributed by atoms with Gasteiger partial charge in [-0.3, -0.25) is 9.69 Å². The first-order valence-corrected chi connectivity index (χ1v) is 14.2. The molecule has 1 aliphatic heterocycles. The fourth-order valence-electron chi connectivity index (χ4n) is 5.88. The zero-order chi connectivity index (χ0) is 26.6. The number of anilines is 1. The second kappa shape index (κ2) is 12.3. The highest BCUT2D eigenvalue weighted by molar-refractivity contribution is 5.79. The number of carbonyl (C=O) groups excluding carboxylic acids is 1. The van der Waals surface area contributed by atoms with Crippen LogP contribution in [0.1, 0.15) is 96.5 Å². The van der Waals surface area contributed by atoms with Crippen molar-refractivity contribution < 1.29 is 18.7 Å². The van der Waals surface area contributed by atoms with Gasteiger partial charge in [0.05, 0.1) is 6.10 Å². The van der Waals surface area contributed by atoms with Crippen LogP contribution in [-0.2, 0) is 10.2 Å². The largest absolute Gasteiger partial charge is 0.393 e. The van der Waals surface area contributed by atoms with Gasteiger partial charge in [0.2, 0.25) is 5.91 Å². The van der Waals surface area contributed by atoms with Crippen molar-refractivity contribution in [2.75, 3.05) is 37.6 Å². The van der Waals surface area contributed by atoms with Crippen LogP contribution in [0.25, 0.3) is 0 Å². The summed E-state index contributed by atoms with van der Waals surface area (Å²) in [6.07, 6.45) is 5.84. The van der Waals surface area contributed by atoms with Gasteiger partial charge in [-0.15, -0.1) is 0 Å². The van der Waals surface area contributed by atoms with Crippen molar-refractivity contribution in [2.45, 2.75) is 103 Å². The third-order valence-electron chi connectivity index (χ3n) is 8.44. The van der Waals surface area contributed by atoms with Gasteiger partial charge in [-0.2, -0.15) is 0 Å². The Kier molecular flexibility index (Phi) is 9.38. The van der Waals surface area contributed by atoms with Crippen LogP contribution in [0, 0.1) is 11.8 Å². The Hall–Kier alpha value is -1.87. The van der Waals surface area contributed by atoms with Gasteiger partial charge in [0.1, 0.15) is 17.3 Å². The molecular formula is C28H45F2N5O2. The van der Waals surface area contributed by atoms with Crippen LogP contribution in [0.3, 0.4) is 0 Å². The normalized spacial score (nSPS) is 27.9. The Morgan fingerprint density at radius 3 is 2.27 bits per heavy atom. The van der Waals surface area contributed by atoms with E-state index in [9.17, 15) is 18.7 Å². The minimum atomic E-state index is -2.60. The number of halogens is 2. The number of hydrogen-bond donors (Lipinski definition) is 2. The molecular weight excluding hydrogens is 476 g/mol. The quantitative estimate of drug-likeness (QED) is 0.552. The first kappa shape index (κ1) is 28.1. The molecule has 0 aromatic carbocycles. The van der Waals surface area contributed by atoms with Crippen molar-refractivity contribution >= 4 is 11.7 Å². The van der Waals surface area contributed by atoms with Gasteiger partial charge in [-0.05, 0) is 70.3 Å². The van der Waals surface area contributed by atoms with Crippen LogP contribution in [-0.4, -0.2) is 70.8 Å². The van der Waals surface area contributed by atoms with Crippen molar-refractivity contribution in [3.63, 3.8) is 0 Å². The lowest BCUT2D eigenvalue weighted by Crippen LogP contribution is -2.47. The van der Waals surface area contributed by atoms with Crippen LogP contribution in [0.5, 0.6) is 0 Å². The maximum atomic E-state index is 13.5. The van der Waals surface area contributed by atoms with Gasteiger partial charge < -0.3 is 15.3 Å². The molecule has 37 heavy (non-hydrogen) atoms. The molecule has 2 aliphatic carbocycles. The Morgan fingerprint density at radius 1 is 1.03 bits per heavy atom. The van der Waals surface area contributed by atoms with Gasteiger partial charge in [-0.1, -0.05) is 20.8 Å². The number of piperazine rings is 1. The van der Waals surface area contributed by atoms with Crippen molar-refractivity contribution in [3.05, 3.63) is 17.6 Å². The highest BCUT2D eigenvalue weighted by Gasteiger charge is 2.29. The Morgan fingerprint density at radius 2 is 1.68 bits per heavy atom. The number of carbonyl (C=O) groups is 1. The fraction of sp³-hybridized carbons (Fsp3) is 0.821. The summed E-state index contributed by atoms with van der Waals surface area (Å²) in [4.78, 5) is 25.9. The maximum Gasteiger partial charge on any atom is 0.280 e. The van der Waals surface area contributed by atoms with Crippen LogP contribution >= 0.6 is 0 Å². The molecule has 0 atom stereocenters. The second-order valence-corrected chi connectivity index (χ2v) is 12.4. The Bertz CT molecular complexity index is 885. The van der Waals surface area contributed by atoms with E-state index in [1.807, 2.05) is 20.8 Å². The summed E-state index contributed by atoms with van der Waals surface area (Å²) in [5.41, 5.74) is -0.579. The molecule has 4 rings (SSSR count). The van der Waals surface area contributed by atoms with Crippen molar-refractivity contribution in [1.82, 2.24) is 20.2 Å². The van der Waals surface area contributed by atoms with Crippen LogP contribution in [0.15, 0.2) is 6.07 Å². The second-order valence-electron chi connectivity index (χ2n) is 12.4. The van der Waals surface area contributed by atoms with E-state index >= 15 is 0 Å². The number of nitrogens with one attached hydrogen (secondary N) is 1. The lowest BCUT2D eigenvalue weighted by Gasteiger charge is -2.37. The third-order valence-corrected chi connectivity index (χ3v) is 8.44. The van der Waals surface area contributed by atoms with E-state index in [-0.39, 0.29) is 29.0 Å². The molecule has 1 amide bonds. The van der Waals surface area contributed by atoms with E-state index in [1.165, 1.54) is 12.5 Å². The summed E-state index contributed by atoms with van der Waals surface area (Å²) >= 11 is 0. The van der Waals surface area contributed by atoms with Crippen LogP contribution < -0.4 is 10.2 Å². The third kappa shape index (κ3) is 7.82. The van der Waals surface area contributed by atoms with Crippen LogP contribution in [0.2, 0.25) is 0 Å². The molecule has 1 aromatic rings. The van der Waals surface area contributed by atoms with E-state index in [2.05, 4.69) is 25.1 Å². The van der Waals surface area contributed by atoms with Gasteiger partial charge in [0, 0.05) is 49.6 Å². The number of nitrogens with zero attached hydrogens (tertiary/aromatic N) is 4. The first-order valence-electron chi connectivity index (χ1n) is 14.2. The minimum Gasteiger partial charge on any atom is -0.393 e. The molecule has 2 heterocycles. The summed E-state index contributed by atoms with van der Waals surface area (Å²) in [6.45, 7) is 10.3. The molecule has 1 aromatic heterocycles. The SMILES string of the molecule is CC(C)(C)c1nc(C(F)F)cc(N2CCN(CC[C@H]3CC[C@H](NC(=O)[C@H]4CC[C@@H](O)CC4)CC3)CC2)n1. The average molecular weight is 522 g/mol. The molecule has 3 aliphatic rings. The van der Waals surface area contributed by atoms with E-state index in [0.29, 0.717) is 23.6 Å². The highest BCUT2D eigenvalue weighted by Crippen LogP contribution is 2.30. The summed E-state index contributed by atoms with van der Waals surface area (Å²) in [7, 11) is 0. The molecule has 0 unspecified atom stereocenters. The van der Waals surface area contributed by atoms with E-state index in [0.717, 1.165) is 84.1 Å². The molecule has 3 fully saturated rings. The Balaban J connectivity index is 1.18. The average Bonchev–Trinajstić information content (AvgIpc) is 2.88. The number of amides is 1. The number of hydrogen-bond acceptors (Lipinski definition) is 6. The number of aliphatic hydroxyl groups is 1. The number of alkyl halides is 2. The predicted molar refractivity (Wildman–Crippen MR) is 141 cm³/mol. The Labute approximate surface area is 220 Å². The lowest BCUT2D eigenvalue weighted by atomic mass is 9.83. The van der Waals surface area contributed by atoms with Crippen molar-refractivity contribution in [3.8, 4) is 0 Å². The van der Waals surface area contributed by atoms with Crippen molar-refractivity contribution in [2.24, 2.45) is 11.8 Å². The standard InChI is InChI=1S/C28H45F2N5O2/c1-28(2,3)27-32-23(25(29)30)18-24(33-27)35-16-14-34(15-17-35)13-12-19-4-8-21(9-5-19)31-26(37)20-6-10-22(36)11-7-20/h18-22,25,36H,4-17H2,1-3H3,(H,31,37)/t19-,20-,21-,22+. The van der Waals surface area contributed by atoms with Gasteiger partial charge in [0.25, 0.3) is 6.43 Å². The summed E-state index contributed by atoms with van der Waals surface area (Å²) in [6, 6.07) is 1.74. The molecule has 2 N–H and O–H groups in total. The van der Waals surface area contributed by atoms with Crippen molar-refractivity contribution in [1.29, 1.82) is 0 Å². The van der Waals surface area contributed by atoms with E-state index < -0.39 is 6.43 Å². The number of aliphatic hydroxyl groups excluding tert-OH is 1. The molecule has 208 valence electrons. The number of rotatable bonds is 7. The smallest absolute Gasteiger partial charge is 0.280 e. The van der Waals surface area contributed by atoms with Gasteiger partial charge in [0.15, 0.2) is 0 Å².